The molecule has 2 fully saturated rings. The van der Waals surface area contributed by atoms with Gasteiger partial charge in [-0.05, 0) is 44.0 Å². The number of hydrogen-bond donors (Lipinski definition) is 0. The molecule has 0 bridgehead atoms. The lowest BCUT2D eigenvalue weighted by atomic mass is 10.1. The van der Waals surface area contributed by atoms with Gasteiger partial charge in [0, 0.05) is 31.7 Å². The van der Waals surface area contributed by atoms with E-state index in [-0.39, 0.29) is 0 Å². The Balaban J connectivity index is 1.70. The van der Waals surface area contributed by atoms with Crippen molar-refractivity contribution in [1.82, 2.24) is 9.80 Å². The SMILES string of the molecule is C[C@@H]1CN2CCCC2CN1Cc1ccc(F)c(F)c1. The minimum absolute atomic E-state index is 0.475. The maximum Gasteiger partial charge on any atom is 0.159 e. The van der Waals surface area contributed by atoms with Gasteiger partial charge in [0.25, 0.3) is 0 Å². The lowest BCUT2D eigenvalue weighted by molar-refractivity contribution is 0.0539. The quantitative estimate of drug-likeness (QED) is 0.812. The van der Waals surface area contributed by atoms with Crippen molar-refractivity contribution in [2.45, 2.75) is 38.4 Å². The molecule has 0 radical (unpaired) electrons. The Morgan fingerprint density at radius 3 is 2.84 bits per heavy atom. The van der Waals surface area contributed by atoms with Crippen LogP contribution in [0.2, 0.25) is 0 Å². The van der Waals surface area contributed by atoms with E-state index in [1.54, 1.807) is 6.07 Å². The van der Waals surface area contributed by atoms with Crippen molar-refractivity contribution in [3.05, 3.63) is 35.4 Å². The van der Waals surface area contributed by atoms with Gasteiger partial charge in [0.2, 0.25) is 0 Å². The Morgan fingerprint density at radius 1 is 1.21 bits per heavy atom. The van der Waals surface area contributed by atoms with Crippen LogP contribution in [0, 0.1) is 11.6 Å². The zero-order chi connectivity index (χ0) is 13.4. The van der Waals surface area contributed by atoms with Crippen LogP contribution in [0.1, 0.15) is 25.3 Å². The van der Waals surface area contributed by atoms with Crippen LogP contribution >= 0.6 is 0 Å². The maximum absolute atomic E-state index is 13.2. The van der Waals surface area contributed by atoms with Crippen LogP contribution in [0.3, 0.4) is 0 Å². The van der Waals surface area contributed by atoms with E-state index in [0.29, 0.717) is 18.6 Å². The summed E-state index contributed by atoms with van der Waals surface area (Å²) in [5.41, 5.74) is 0.859. The Labute approximate surface area is 113 Å². The number of nitrogens with zero attached hydrogens (tertiary/aromatic N) is 2. The molecule has 0 amide bonds. The smallest absolute Gasteiger partial charge is 0.159 e. The van der Waals surface area contributed by atoms with E-state index in [4.69, 9.17) is 0 Å². The summed E-state index contributed by atoms with van der Waals surface area (Å²) in [6, 6.07) is 5.36. The van der Waals surface area contributed by atoms with Gasteiger partial charge >= 0.3 is 0 Å². The average molecular weight is 266 g/mol. The number of benzene rings is 1. The first kappa shape index (κ1) is 13.0. The standard InChI is InChI=1S/C15H20F2N2/c1-11-8-18-6-2-3-13(18)10-19(11)9-12-4-5-14(16)15(17)7-12/h4-5,7,11,13H,2-3,6,8-10H2,1H3/t11-,13?/m1/s1. The van der Waals surface area contributed by atoms with Gasteiger partial charge in [-0.1, -0.05) is 6.07 Å². The second kappa shape index (κ2) is 5.17. The van der Waals surface area contributed by atoms with Gasteiger partial charge in [-0.15, -0.1) is 0 Å². The van der Waals surface area contributed by atoms with E-state index in [0.717, 1.165) is 18.7 Å². The molecule has 2 aliphatic heterocycles. The summed E-state index contributed by atoms with van der Waals surface area (Å²) in [6.45, 7) is 6.28. The summed E-state index contributed by atoms with van der Waals surface area (Å²) in [6.07, 6.45) is 2.55. The van der Waals surface area contributed by atoms with Crippen molar-refractivity contribution >= 4 is 0 Å². The van der Waals surface area contributed by atoms with Crippen molar-refractivity contribution in [3.63, 3.8) is 0 Å². The Kier molecular flexibility index (Phi) is 3.54. The van der Waals surface area contributed by atoms with Crippen LogP contribution in [0.25, 0.3) is 0 Å². The predicted octanol–water partition coefficient (Wildman–Crippen LogP) is 2.63. The number of fused-ring (bicyclic) bond motifs is 1. The van der Waals surface area contributed by atoms with E-state index < -0.39 is 11.6 Å². The zero-order valence-electron chi connectivity index (χ0n) is 11.3. The molecule has 2 heterocycles. The molecule has 1 aromatic carbocycles. The summed E-state index contributed by atoms with van der Waals surface area (Å²) >= 11 is 0. The third-order valence-corrected chi connectivity index (χ3v) is 4.44. The van der Waals surface area contributed by atoms with Crippen LogP contribution in [0.4, 0.5) is 8.78 Å². The molecule has 0 N–H and O–H groups in total. The lowest BCUT2D eigenvalue weighted by Gasteiger charge is -2.42. The van der Waals surface area contributed by atoms with Crippen molar-refractivity contribution in [3.8, 4) is 0 Å². The van der Waals surface area contributed by atoms with Crippen molar-refractivity contribution < 1.29 is 8.78 Å². The molecule has 1 unspecified atom stereocenters. The fourth-order valence-corrected chi connectivity index (χ4v) is 3.34. The van der Waals surface area contributed by atoms with Crippen molar-refractivity contribution in [2.24, 2.45) is 0 Å². The Bertz CT molecular complexity index is 463. The molecule has 2 saturated heterocycles. The second-order valence-electron chi connectivity index (χ2n) is 5.82. The van der Waals surface area contributed by atoms with E-state index >= 15 is 0 Å². The second-order valence-corrected chi connectivity index (χ2v) is 5.82. The summed E-state index contributed by atoms with van der Waals surface area (Å²) in [5.74, 6) is -1.51. The molecule has 2 aliphatic rings. The predicted molar refractivity (Wildman–Crippen MR) is 70.8 cm³/mol. The largest absolute Gasteiger partial charge is 0.298 e. The molecule has 0 spiro atoms. The van der Waals surface area contributed by atoms with Gasteiger partial charge in [0.05, 0.1) is 0 Å². The molecule has 3 rings (SSSR count). The molecular formula is C15H20F2N2. The summed E-state index contributed by atoms with van der Waals surface area (Å²) < 4.78 is 26.2. The summed E-state index contributed by atoms with van der Waals surface area (Å²) in [4.78, 5) is 4.95. The monoisotopic (exact) mass is 266 g/mol. The topological polar surface area (TPSA) is 6.48 Å². The van der Waals surface area contributed by atoms with E-state index in [9.17, 15) is 8.78 Å². The van der Waals surface area contributed by atoms with E-state index in [1.165, 1.54) is 31.5 Å². The van der Waals surface area contributed by atoms with Gasteiger partial charge in [-0.25, -0.2) is 8.78 Å². The van der Waals surface area contributed by atoms with Gasteiger partial charge in [0.15, 0.2) is 11.6 Å². The third kappa shape index (κ3) is 2.65. The molecule has 104 valence electrons. The number of rotatable bonds is 2. The number of hydrogen-bond acceptors (Lipinski definition) is 2. The van der Waals surface area contributed by atoms with Crippen LogP contribution in [-0.2, 0) is 6.54 Å². The highest BCUT2D eigenvalue weighted by atomic mass is 19.2. The summed E-state index contributed by atoms with van der Waals surface area (Å²) in [5, 5.41) is 0. The van der Waals surface area contributed by atoms with Crippen molar-refractivity contribution in [2.75, 3.05) is 19.6 Å². The molecule has 2 nitrogen and oxygen atoms in total. The minimum atomic E-state index is -0.766. The molecule has 19 heavy (non-hydrogen) atoms. The minimum Gasteiger partial charge on any atom is -0.298 e. The average Bonchev–Trinajstić information content (AvgIpc) is 2.81. The Morgan fingerprint density at radius 2 is 2.05 bits per heavy atom. The van der Waals surface area contributed by atoms with Gasteiger partial charge in [-0.3, -0.25) is 9.80 Å². The van der Waals surface area contributed by atoms with Gasteiger partial charge in [-0.2, -0.15) is 0 Å². The molecule has 0 aromatic heterocycles. The van der Waals surface area contributed by atoms with E-state index in [2.05, 4.69) is 16.7 Å². The molecule has 1 aromatic rings. The number of piperazine rings is 1. The van der Waals surface area contributed by atoms with E-state index in [1.807, 2.05) is 0 Å². The third-order valence-electron chi connectivity index (χ3n) is 4.44. The highest BCUT2D eigenvalue weighted by Crippen LogP contribution is 2.25. The normalized spacial score (nSPS) is 28.6. The summed E-state index contributed by atoms with van der Waals surface area (Å²) in [7, 11) is 0. The fourth-order valence-electron chi connectivity index (χ4n) is 3.34. The first-order valence-electron chi connectivity index (χ1n) is 7.05. The number of halogens is 2. The fraction of sp³-hybridized carbons (Fsp3) is 0.600. The van der Waals surface area contributed by atoms with Gasteiger partial charge in [0.1, 0.15) is 0 Å². The molecule has 4 heteroatoms. The first-order valence-corrected chi connectivity index (χ1v) is 7.05. The molecular weight excluding hydrogens is 246 g/mol. The van der Waals surface area contributed by atoms with Crippen LogP contribution in [0.15, 0.2) is 18.2 Å². The highest BCUT2D eigenvalue weighted by Gasteiger charge is 2.34. The van der Waals surface area contributed by atoms with Crippen LogP contribution < -0.4 is 0 Å². The molecule has 0 aliphatic carbocycles. The first-order chi connectivity index (χ1) is 9.13. The zero-order valence-corrected chi connectivity index (χ0v) is 11.3. The lowest BCUT2D eigenvalue weighted by Crippen LogP contribution is -2.54. The van der Waals surface area contributed by atoms with Crippen LogP contribution in [0.5, 0.6) is 0 Å². The maximum atomic E-state index is 13.2. The Hall–Kier alpha value is -1.00. The van der Waals surface area contributed by atoms with Crippen molar-refractivity contribution in [1.29, 1.82) is 0 Å². The molecule has 0 saturated carbocycles. The van der Waals surface area contributed by atoms with Crippen LogP contribution in [-0.4, -0.2) is 41.5 Å². The van der Waals surface area contributed by atoms with Gasteiger partial charge < -0.3 is 0 Å². The molecule has 2 atom stereocenters. The highest BCUT2D eigenvalue weighted by molar-refractivity contribution is 5.18.